The fraction of sp³-hybridized carbons (Fsp3) is 0.471. The van der Waals surface area contributed by atoms with Crippen LogP contribution >= 0.6 is 23.1 Å². The van der Waals surface area contributed by atoms with Crippen molar-refractivity contribution in [3.05, 3.63) is 23.1 Å². The van der Waals surface area contributed by atoms with E-state index in [0.717, 1.165) is 20.5 Å². The van der Waals surface area contributed by atoms with Crippen molar-refractivity contribution in [2.75, 3.05) is 12.3 Å². The monoisotopic (exact) mass is 408 g/mol. The van der Waals surface area contributed by atoms with Crippen molar-refractivity contribution < 1.29 is 19.8 Å². The Balaban J connectivity index is 1.78. The topological polar surface area (TPSA) is 121 Å². The van der Waals surface area contributed by atoms with Gasteiger partial charge in [0.05, 0.1) is 22.9 Å². The molecule has 2 aliphatic rings. The number of carboxylic acids is 1. The second-order valence-electron chi connectivity index (χ2n) is 6.82. The van der Waals surface area contributed by atoms with Gasteiger partial charge < -0.3 is 20.8 Å². The average molecular weight is 409 g/mol. The minimum atomic E-state index is -1.12. The molecule has 4 atom stereocenters. The predicted molar refractivity (Wildman–Crippen MR) is 102 cm³/mol. The number of hydrogen-bond acceptors (Lipinski definition) is 7. The molecule has 0 bridgehead atoms. The zero-order valence-corrected chi connectivity index (χ0v) is 16.5. The Labute approximate surface area is 163 Å². The van der Waals surface area contributed by atoms with Gasteiger partial charge in [-0.2, -0.15) is 0 Å². The highest BCUT2D eigenvalue weighted by Gasteiger charge is 2.60. The van der Waals surface area contributed by atoms with E-state index in [1.165, 1.54) is 16.2 Å². The van der Waals surface area contributed by atoms with Crippen LogP contribution in [0.1, 0.15) is 18.7 Å². The highest BCUT2D eigenvalue weighted by atomic mass is 32.2. The van der Waals surface area contributed by atoms with Crippen molar-refractivity contribution >= 4 is 45.4 Å². The number of nitrogens with zero attached hydrogens (tertiary/aromatic N) is 3. The summed E-state index contributed by atoms with van der Waals surface area (Å²) in [6.45, 7) is 4.04. The molecule has 4 heterocycles. The number of carboxylic acid groups (broad SMARTS) is 1. The second-order valence-corrected chi connectivity index (χ2v) is 8.93. The Hall–Kier alpha value is -1.88. The minimum Gasteiger partial charge on any atom is -0.477 e. The van der Waals surface area contributed by atoms with Crippen LogP contribution in [0.5, 0.6) is 0 Å². The van der Waals surface area contributed by atoms with E-state index < -0.39 is 18.0 Å². The lowest BCUT2D eigenvalue weighted by Gasteiger charge is -2.46. The number of imidazole rings is 1. The molecule has 1 fully saturated rings. The summed E-state index contributed by atoms with van der Waals surface area (Å²) in [7, 11) is 0. The second kappa shape index (κ2) is 6.62. The Morgan fingerprint density at radius 1 is 1.52 bits per heavy atom. The van der Waals surface area contributed by atoms with Crippen LogP contribution in [0.2, 0.25) is 0 Å². The van der Waals surface area contributed by atoms with Gasteiger partial charge in [0, 0.05) is 30.0 Å². The Bertz CT molecular complexity index is 963. The molecule has 1 amide bonds. The van der Waals surface area contributed by atoms with Crippen LogP contribution in [-0.2, 0) is 9.59 Å². The van der Waals surface area contributed by atoms with Gasteiger partial charge in [-0.25, -0.2) is 9.78 Å². The van der Waals surface area contributed by atoms with Crippen molar-refractivity contribution in [1.29, 1.82) is 0 Å². The lowest BCUT2D eigenvalue weighted by atomic mass is 9.77. The van der Waals surface area contributed by atoms with Crippen molar-refractivity contribution in [3.8, 4) is 0 Å². The first-order valence-corrected chi connectivity index (χ1v) is 10.4. The number of carbonyl (C=O) groups excluding carboxylic acids is 1. The third-order valence-corrected chi connectivity index (χ3v) is 7.46. The Morgan fingerprint density at radius 3 is 2.89 bits per heavy atom. The van der Waals surface area contributed by atoms with Crippen LogP contribution in [0.15, 0.2) is 23.2 Å². The van der Waals surface area contributed by atoms with Gasteiger partial charge in [-0.3, -0.25) is 9.20 Å². The molecule has 144 valence electrons. The van der Waals surface area contributed by atoms with E-state index in [2.05, 4.69) is 4.98 Å². The molecule has 10 heteroatoms. The van der Waals surface area contributed by atoms with Gasteiger partial charge in [0.1, 0.15) is 21.9 Å². The number of carbonyl (C=O) groups is 2. The fourth-order valence-corrected chi connectivity index (χ4v) is 6.13. The van der Waals surface area contributed by atoms with Gasteiger partial charge in [0.25, 0.3) is 0 Å². The van der Waals surface area contributed by atoms with Gasteiger partial charge in [0.2, 0.25) is 5.91 Å². The maximum atomic E-state index is 12.5. The van der Waals surface area contributed by atoms with Gasteiger partial charge >= 0.3 is 5.97 Å². The number of β-lactam (4-membered cyclic amide) rings is 1. The van der Waals surface area contributed by atoms with Crippen molar-refractivity contribution in [1.82, 2.24) is 14.3 Å². The molecular formula is C17H20N4O4S2. The molecule has 0 aromatic carbocycles. The number of aliphatic carboxylic acids is 1. The van der Waals surface area contributed by atoms with E-state index in [4.69, 9.17) is 5.73 Å². The number of amides is 1. The summed E-state index contributed by atoms with van der Waals surface area (Å²) in [5, 5.41) is 20.6. The Morgan fingerprint density at radius 2 is 2.26 bits per heavy atom. The smallest absolute Gasteiger partial charge is 0.352 e. The third-order valence-electron chi connectivity index (χ3n) is 5.18. The lowest BCUT2D eigenvalue weighted by molar-refractivity contribution is -0.163. The Kier molecular flexibility index (Phi) is 4.53. The average Bonchev–Trinajstić information content (AvgIpc) is 3.23. The molecule has 2 aliphatic heterocycles. The van der Waals surface area contributed by atoms with Crippen LogP contribution < -0.4 is 5.73 Å². The molecule has 2 aromatic heterocycles. The van der Waals surface area contributed by atoms with Gasteiger partial charge in [-0.15, -0.1) is 23.1 Å². The summed E-state index contributed by atoms with van der Waals surface area (Å²) < 4.78 is 1.88. The number of aromatic nitrogens is 2. The fourth-order valence-electron chi connectivity index (χ4n) is 4.05. The van der Waals surface area contributed by atoms with E-state index >= 15 is 0 Å². The first-order chi connectivity index (χ1) is 12.9. The van der Waals surface area contributed by atoms with Crippen molar-refractivity contribution in [3.63, 3.8) is 0 Å². The summed E-state index contributed by atoms with van der Waals surface area (Å²) in [5.74, 6) is -1.43. The number of nitrogens with two attached hydrogens (primary N) is 1. The van der Waals surface area contributed by atoms with E-state index in [0.29, 0.717) is 12.1 Å². The maximum Gasteiger partial charge on any atom is 0.352 e. The zero-order valence-electron chi connectivity index (χ0n) is 14.8. The molecule has 4 N–H and O–H groups in total. The molecule has 0 unspecified atom stereocenters. The molecule has 2 aromatic rings. The van der Waals surface area contributed by atoms with E-state index in [9.17, 15) is 19.8 Å². The van der Waals surface area contributed by atoms with Gasteiger partial charge in [-0.05, 0) is 6.92 Å². The van der Waals surface area contributed by atoms with Crippen LogP contribution in [0.25, 0.3) is 10.4 Å². The molecule has 27 heavy (non-hydrogen) atoms. The predicted octanol–water partition coefficient (Wildman–Crippen LogP) is 1.10. The van der Waals surface area contributed by atoms with Crippen LogP contribution in [0.3, 0.4) is 0 Å². The van der Waals surface area contributed by atoms with Gasteiger partial charge in [0.15, 0.2) is 0 Å². The summed E-state index contributed by atoms with van der Waals surface area (Å²) in [5.41, 5.74) is 6.25. The molecule has 0 saturated carbocycles. The van der Waals surface area contributed by atoms with Crippen LogP contribution in [0.4, 0.5) is 0 Å². The molecule has 1 saturated heterocycles. The number of rotatable bonds is 6. The van der Waals surface area contributed by atoms with Crippen LogP contribution in [0, 0.1) is 11.8 Å². The third kappa shape index (κ3) is 2.62. The first-order valence-electron chi connectivity index (χ1n) is 8.65. The largest absolute Gasteiger partial charge is 0.477 e. The van der Waals surface area contributed by atoms with Crippen molar-refractivity contribution in [2.24, 2.45) is 17.6 Å². The van der Waals surface area contributed by atoms with Gasteiger partial charge in [-0.1, -0.05) is 6.92 Å². The highest BCUT2D eigenvalue weighted by molar-refractivity contribution is 7.99. The first kappa shape index (κ1) is 18.5. The molecule has 4 rings (SSSR count). The summed E-state index contributed by atoms with van der Waals surface area (Å²) in [4.78, 5) is 31.9. The highest BCUT2D eigenvalue weighted by Crippen LogP contribution is 2.51. The molecule has 0 aliphatic carbocycles. The number of thioether (sulfide) groups is 1. The number of hydrogen-bond donors (Lipinski definition) is 3. The summed E-state index contributed by atoms with van der Waals surface area (Å²) >= 11 is 3.02. The number of aliphatic hydroxyl groups excluding tert-OH is 1. The van der Waals surface area contributed by atoms with Crippen LogP contribution in [-0.4, -0.2) is 60.8 Å². The molecule has 0 radical (unpaired) electrons. The quantitative estimate of drug-likeness (QED) is 0.483. The number of aliphatic hydroxyl groups is 1. The maximum absolute atomic E-state index is 12.5. The lowest BCUT2D eigenvalue weighted by Crippen LogP contribution is -2.63. The molecule has 0 spiro atoms. The standard InChI is InChI=1S/C17H20N4O4S2/c1-7-10(9-5-20-6-19-14(16(20)27-9)26-4-3-18)13(17(24)25)21-12(7)11(8(2)22)15(21)23/h5-8,11-12,22H,3-4,18H2,1-2H3,(H,24,25)/t7-,8+,11+,12+/m0/s1. The SMILES string of the molecule is C[C@@H](O)[C@H]1C(=O)N2C(C(=O)O)=C(c3cn4cnc(SCCN)c4s3)[C@H](C)[C@H]12. The molecule has 8 nitrogen and oxygen atoms in total. The number of thiazole rings is 1. The van der Waals surface area contributed by atoms with E-state index in [1.54, 1.807) is 25.0 Å². The molecular weight excluding hydrogens is 388 g/mol. The summed E-state index contributed by atoms with van der Waals surface area (Å²) in [6.07, 6.45) is 2.76. The van der Waals surface area contributed by atoms with Crippen molar-refractivity contribution in [2.45, 2.75) is 31.0 Å². The normalized spacial score (nSPS) is 25.9. The minimum absolute atomic E-state index is 0.0306. The van der Waals surface area contributed by atoms with E-state index in [-0.39, 0.29) is 23.6 Å². The number of fused-ring (bicyclic) bond motifs is 2. The zero-order chi connectivity index (χ0) is 19.5. The summed E-state index contributed by atoms with van der Waals surface area (Å²) in [6, 6.07) is -0.315. The van der Waals surface area contributed by atoms with E-state index in [1.807, 2.05) is 17.5 Å².